The van der Waals surface area contributed by atoms with Gasteiger partial charge >= 0.3 is 0 Å². The van der Waals surface area contributed by atoms with E-state index in [4.69, 9.17) is 0 Å². The van der Waals surface area contributed by atoms with Crippen molar-refractivity contribution in [3.63, 3.8) is 0 Å². The average Bonchev–Trinajstić information content (AvgIpc) is 3.30. The Morgan fingerprint density at radius 2 is 2.11 bits per heavy atom. The molecule has 5 nitrogen and oxygen atoms in total. The number of para-hydroxylation sites is 1. The third-order valence-electron chi connectivity index (χ3n) is 6.04. The van der Waals surface area contributed by atoms with Gasteiger partial charge in [0.25, 0.3) is 0 Å². The fraction of sp³-hybridized carbons (Fsp3) is 0.478. The summed E-state index contributed by atoms with van der Waals surface area (Å²) in [5.41, 5.74) is 3.81. The number of benzene rings is 1. The van der Waals surface area contributed by atoms with E-state index >= 15 is 0 Å². The lowest BCUT2D eigenvalue weighted by atomic mass is 9.97. The van der Waals surface area contributed by atoms with Crippen LogP contribution >= 0.6 is 0 Å². The SMILES string of the molecule is O=C(NCCC1=CCCCC1)C1CC(=O)N(CCc2c[nH]c3ccccc23)C1. The Morgan fingerprint density at radius 1 is 1.21 bits per heavy atom. The van der Waals surface area contributed by atoms with Gasteiger partial charge in [-0.1, -0.05) is 29.8 Å². The highest BCUT2D eigenvalue weighted by molar-refractivity contribution is 5.89. The molecule has 1 aliphatic carbocycles. The molecule has 148 valence electrons. The van der Waals surface area contributed by atoms with Crippen molar-refractivity contribution >= 4 is 22.7 Å². The van der Waals surface area contributed by atoms with Gasteiger partial charge < -0.3 is 15.2 Å². The summed E-state index contributed by atoms with van der Waals surface area (Å²) in [4.78, 5) is 30.0. The molecule has 2 N–H and O–H groups in total. The van der Waals surface area contributed by atoms with Gasteiger partial charge in [0.15, 0.2) is 0 Å². The predicted octanol–water partition coefficient (Wildman–Crippen LogP) is 3.57. The molecule has 0 spiro atoms. The number of carbonyl (C=O) groups is 2. The zero-order valence-electron chi connectivity index (χ0n) is 16.4. The first kappa shape index (κ1) is 18.8. The number of H-pyrrole nitrogens is 1. The van der Waals surface area contributed by atoms with Crippen LogP contribution in [0.2, 0.25) is 0 Å². The summed E-state index contributed by atoms with van der Waals surface area (Å²) in [5, 5.41) is 4.25. The molecular weight excluding hydrogens is 350 g/mol. The second kappa shape index (κ2) is 8.63. The van der Waals surface area contributed by atoms with E-state index in [1.807, 2.05) is 23.2 Å². The molecule has 1 saturated heterocycles. The van der Waals surface area contributed by atoms with Gasteiger partial charge in [0.2, 0.25) is 11.8 Å². The first-order chi connectivity index (χ1) is 13.7. The smallest absolute Gasteiger partial charge is 0.225 e. The topological polar surface area (TPSA) is 65.2 Å². The molecule has 0 saturated carbocycles. The molecular formula is C23H29N3O2. The summed E-state index contributed by atoms with van der Waals surface area (Å²) in [6, 6.07) is 8.21. The van der Waals surface area contributed by atoms with Crippen molar-refractivity contribution < 1.29 is 9.59 Å². The molecule has 0 radical (unpaired) electrons. The second-order valence-electron chi connectivity index (χ2n) is 8.00. The quantitative estimate of drug-likeness (QED) is 0.723. The van der Waals surface area contributed by atoms with Gasteiger partial charge in [0, 0.05) is 43.2 Å². The van der Waals surface area contributed by atoms with Crippen molar-refractivity contribution in [2.24, 2.45) is 5.92 Å². The predicted molar refractivity (Wildman–Crippen MR) is 111 cm³/mol. The van der Waals surface area contributed by atoms with Gasteiger partial charge in [-0.05, 0) is 50.2 Å². The first-order valence-electron chi connectivity index (χ1n) is 10.5. The van der Waals surface area contributed by atoms with Gasteiger partial charge in [-0.2, -0.15) is 0 Å². The van der Waals surface area contributed by atoms with E-state index < -0.39 is 0 Å². The number of rotatable bonds is 7. The van der Waals surface area contributed by atoms with Gasteiger partial charge in [-0.15, -0.1) is 0 Å². The van der Waals surface area contributed by atoms with Crippen LogP contribution in [-0.2, 0) is 16.0 Å². The van der Waals surface area contributed by atoms with Crippen molar-refractivity contribution in [3.8, 4) is 0 Å². The summed E-state index contributed by atoms with van der Waals surface area (Å²) >= 11 is 0. The normalized spacial score (nSPS) is 19.9. The van der Waals surface area contributed by atoms with Crippen molar-refractivity contribution in [2.45, 2.75) is 44.9 Å². The van der Waals surface area contributed by atoms with E-state index in [1.165, 1.54) is 42.2 Å². The van der Waals surface area contributed by atoms with E-state index in [2.05, 4.69) is 28.5 Å². The van der Waals surface area contributed by atoms with Crippen LogP contribution in [0.15, 0.2) is 42.1 Å². The number of nitrogens with one attached hydrogen (secondary N) is 2. The van der Waals surface area contributed by atoms with Gasteiger partial charge in [0.05, 0.1) is 5.92 Å². The lowest BCUT2D eigenvalue weighted by molar-refractivity contribution is -0.129. The number of aromatic nitrogens is 1. The van der Waals surface area contributed by atoms with E-state index in [9.17, 15) is 9.59 Å². The molecule has 1 aromatic carbocycles. The van der Waals surface area contributed by atoms with Crippen LogP contribution in [0.3, 0.4) is 0 Å². The molecule has 1 aliphatic heterocycles. The first-order valence-corrected chi connectivity index (χ1v) is 10.5. The fourth-order valence-corrected chi connectivity index (χ4v) is 4.38. The highest BCUT2D eigenvalue weighted by Crippen LogP contribution is 2.22. The minimum atomic E-state index is -0.212. The van der Waals surface area contributed by atoms with Crippen molar-refractivity contribution in [1.82, 2.24) is 15.2 Å². The Bertz CT molecular complexity index is 883. The maximum absolute atomic E-state index is 12.5. The van der Waals surface area contributed by atoms with Crippen molar-refractivity contribution in [3.05, 3.63) is 47.7 Å². The molecule has 1 unspecified atom stereocenters. The number of nitrogens with zero attached hydrogens (tertiary/aromatic N) is 1. The average molecular weight is 380 g/mol. The molecule has 4 rings (SSSR count). The monoisotopic (exact) mass is 379 g/mol. The number of fused-ring (bicyclic) bond motifs is 1. The Balaban J connectivity index is 1.25. The zero-order valence-corrected chi connectivity index (χ0v) is 16.4. The Labute approximate surface area is 166 Å². The van der Waals surface area contributed by atoms with Gasteiger partial charge in [0.1, 0.15) is 0 Å². The van der Waals surface area contributed by atoms with Crippen LogP contribution < -0.4 is 5.32 Å². The highest BCUT2D eigenvalue weighted by Gasteiger charge is 2.33. The molecule has 0 bridgehead atoms. The Kier molecular flexibility index (Phi) is 5.79. The lowest BCUT2D eigenvalue weighted by Crippen LogP contribution is -2.34. The molecule has 2 aromatic rings. The number of allylic oxidation sites excluding steroid dienone is 1. The largest absolute Gasteiger partial charge is 0.361 e. The number of amides is 2. The van der Waals surface area contributed by atoms with E-state index in [1.54, 1.807) is 0 Å². The summed E-state index contributed by atoms with van der Waals surface area (Å²) in [6.45, 7) is 1.89. The van der Waals surface area contributed by atoms with Crippen LogP contribution in [0.25, 0.3) is 10.9 Å². The summed E-state index contributed by atoms with van der Waals surface area (Å²) in [6.07, 6.45) is 11.3. The van der Waals surface area contributed by atoms with Crippen molar-refractivity contribution in [1.29, 1.82) is 0 Å². The second-order valence-corrected chi connectivity index (χ2v) is 8.00. The number of likely N-dealkylation sites (tertiary alicyclic amines) is 1. The van der Waals surface area contributed by atoms with Gasteiger partial charge in [-0.3, -0.25) is 9.59 Å². The lowest BCUT2D eigenvalue weighted by Gasteiger charge is -2.17. The molecule has 2 heterocycles. The Morgan fingerprint density at radius 3 is 2.96 bits per heavy atom. The van der Waals surface area contributed by atoms with Gasteiger partial charge in [-0.25, -0.2) is 0 Å². The van der Waals surface area contributed by atoms with E-state index in [0.717, 1.165) is 18.4 Å². The number of hydrogen-bond donors (Lipinski definition) is 2. The summed E-state index contributed by atoms with van der Waals surface area (Å²) in [5.74, 6) is -0.0925. The minimum absolute atomic E-state index is 0.0272. The van der Waals surface area contributed by atoms with Crippen LogP contribution in [0.4, 0.5) is 0 Å². The minimum Gasteiger partial charge on any atom is -0.361 e. The number of carbonyl (C=O) groups excluding carboxylic acids is 2. The Hall–Kier alpha value is -2.56. The molecule has 28 heavy (non-hydrogen) atoms. The van der Waals surface area contributed by atoms with Crippen molar-refractivity contribution in [2.75, 3.05) is 19.6 Å². The summed E-state index contributed by atoms with van der Waals surface area (Å²) in [7, 11) is 0. The molecule has 1 atom stereocenters. The van der Waals surface area contributed by atoms with Crippen LogP contribution in [0, 0.1) is 5.92 Å². The standard InChI is InChI=1S/C23H29N3O2/c27-22-14-19(23(28)24-12-10-17-6-2-1-3-7-17)16-26(22)13-11-18-15-25-21-9-5-4-8-20(18)21/h4-6,8-9,15,19,25H,1-3,7,10-14,16H2,(H,24,28). The van der Waals surface area contributed by atoms with Crippen LogP contribution in [-0.4, -0.2) is 41.3 Å². The molecule has 2 aliphatic rings. The molecule has 5 heteroatoms. The maximum Gasteiger partial charge on any atom is 0.225 e. The highest BCUT2D eigenvalue weighted by atomic mass is 16.2. The molecule has 1 aromatic heterocycles. The number of hydrogen-bond acceptors (Lipinski definition) is 2. The van der Waals surface area contributed by atoms with Crippen LogP contribution in [0.1, 0.15) is 44.1 Å². The fourth-order valence-electron chi connectivity index (χ4n) is 4.38. The van der Waals surface area contributed by atoms with E-state index in [-0.39, 0.29) is 17.7 Å². The van der Waals surface area contributed by atoms with Crippen LogP contribution in [0.5, 0.6) is 0 Å². The molecule has 1 fully saturated rings. The summed E-state index contributed by atoms with van der Waals surface area (Å²) < 4.78 is 0. The number of aromatic amines is 1. The molecule has 2 amide bonds. The maximum atomic E-state index is 12.5. The van der Waals surface area contributed by atoms with E-state index in [0.29, 0.717) is 26.1 Å². The third kappa shape index (κ3) is 4.29. The third-order valence-corrected chi connectivity index (χ3v) is 6.04. The zero-order chi connectivity index (χ0) is 19.3.